The molecule has 1 aromatic carbocycles. The fourth-order valence-electron chi connectivity index (χ4n) is 0.918. The van der Waals surface area contributed by atoms with Gasteiger partial charge in [0.05, 0.1) is 6.61 Å². The second-order valence-electron chi connectivity index (χ2n) is 3.87. The van der Waals surface area contributed by atoms with Gasteiger partial charge in [0, 0.05) is 0 Å². The van der Waals surface area contributed by atoms with Crippen LogP contribution >= 0.6 is 7.82 Å². The van der Waals surface area contributed by atoms with Crippen LogP contribution in [0.5, 0.6) is 5.75 Å². The van der Waals surface area contributed by atoms with Gasteiger partial charge in [-0.25, -0.2) is 4.57 Å². The van der Waals surface area contributed by atoms with Crippen molar-refractivity contribution in [2.45, 2.75) is 12.5 Å². The number of carbonyl (C=O) groups is 1. The zero-order valence-electron chi connectivity index (χ0n) is 9.65. The molecule has 100 valence electrons. The molecular formula is C10H14NO6P. The van der Waals surface area contributed by atoms with Gasteiger partial charge >= 0.3 is 13.8 Å². The van der Waals surface area contributed by atoms with E-state index in [1.165, 1.54) is 12.1 Å². The van der Waals surface area contributed by atoms with Crippen LogP contribution in [-0.4, -0.2) is 28.1 Å². The van der Waals surface area contributed by atoms with Gasteiger partial charge < -0.3 is 15.4 Å². The van der Waals surface area contributed by atoms with Crippen molar-refractivity contribution >= 4 is 13.8 Å². The first kappa shape index (κ1) is 14.7. The third-order valence-electron chi connectivity index (χ3n) is 1.98. The molecule has 0 fully saturated rings. The number of hydrogen-bond acceptors (Lipinski definition) is 5. The van der Waals surface area contributed by atoms with Gasteiger partial charge in [-0.3, -0.25) is 14.2 Å². The predicted octanol–water partition coefficient (Wildman–Crippen LogP) is 0.984. The maximum atomic E-state index is 11.5. The van der Waals surface area contributed by atoms with E-state index >= 15 is 0 Å². The van der Waals surface area contributed by atoms with Crippen molar-refractivity contribution in [1.29, 1.82) is 0 Å². The van der Waals surface area contributed by atoms with Crippen molar-refractivity contribution in [3.05, 3.63) is 30.3 Å². The Hall–Kier alpha value is -1.40. The molecule has 0 spiro atoms. The number of phosphoric ester groups is 1. The quantitative estimate of drug-likeness (QED) is 0.662. The summed E-state index contributed by atoms with van der Waals surface area (Å²) in [5, 5.41) is 8.71. The SMILES string of the molecule is C[C@@](N)(COP(=O)(O)Oc1ccccc1)C(=O)O. The van der Waals surface area contributed by atoms with Crippen molar-refractivity contribution in [1.82, 2.24) is 0 Å². The van der Waals surface area contributed by atoms with E-state index in [-0.39, 0.29) is 5.75 Å². The summed E-state index contributed by atoms with van der Waals surface area (Å²) in [6, 6.07) is 7.85. The summed E-state index contributed by atoms with van der Waals surface area (Å²) in [5.74, 6) is -1.21. The Kier molecular flexibility index (Phi) is 4.48. The maximum absolute atomic E-state index is 11.5. The Morgan fingerprint density at radius 2 is 2.00 bits per heavy atom. The van der Waals surface area contributed by atoms with E-state index < -0.39 is 25.9 Å². The van der Waals surface area contributed by atoms with Gasteiger partial charge in [-0.1, -0.05) is 18.2 Å². The first-order chi connectivity index (χ1) is 8.23. The number of para-hydroxylation sites is 1. The van der Waals surface area contributed by atoms with E-state index in [4.69, 9.17) is 15.4 Å². The largest absolute Gasteiger partial charge is 0.527 e. The van der Waals surface area contributed by atoms with Gasteiger partial charge in [0.2, 0.25) is 0 Å². The average Bonchev–Trinajstić information content (AvgIpc) is 2.27. The average molecular weight is 275 g/mol. The van der Waals surface area contributed by atoms with Gasteiger partial charge in [-0.2, -0.15) is 0 Å². The molecular weight excluding hydrogens is 261 g/mol. The lowest BCUT2D eigenvalue weighted by atomic mass is 10.1. The summed E-state index contributed by atoms with van der Waals surface area (Å²) in [6.45, 7) is 0.515. The van der Waals surface area contributed by atoms with Crippen LogP contribution in [0.15, 0.2) is 30.3 Å². The van der Waals surface area contributed by atoms with Crippen LogP contribution in [-0.2, 0) is 13.9 Å². The molecule has 0 aliphatic rings. The highest BCUT2D eigenvalue weighted by Gasteiger charge is 2.33. The van der Waals surface area contributed by atoms with Crippen LogP contribution in [0, 0.1) is 0 Å². The molecule has 0 heterocycles. The van der Waals surface area contributed by atoms with E-state index in [2.05, 4.69) is 4.52 Å². The fraction of sp³-hybridized carbons (Fsp3) is 0.300. The van der Waals surface area contributed by atoms with E-state index in [0.717, 1.165) is 6.92 Å². The summed E-state index contributed by atoms with van der Waals surface area (Å²) in [6.07, 6.45) is 0. The molecule has 4 N–H and O–H groups in total. The third kappa shape index (κ3) is 4.46. The molecule has 0 saturated carbocycles. The molecule has 0 bridgehead atoms. The molecule has 2 atom stereocenters. The molecule has 0 aliphatic carbocycles. The highest BCUT2D eigenvalue weighted by Crippen LogP contribution is 2.44. The van der Waals surface area contributed by atoms with E-state index in [1.807, 2.05) is 0 Å². The number of carboxylic acid groups (broad SMARTS) is 1. The second kappa shape index (κ2) is 5.49. The standard InChI is InChI=1S/C10H14NO6P/c1-10(11,9(12)13)7-16-18(14,15)17-8-5-3-2-4-6-8/h2-6H,7,11H2,1H3,(H,12,13)(H,14,15)/t10-/m1/s1. The Morgan fingerprint density at radius 3 is 2.50 bits per heavy atom. The Balaban J connectivity index is 2.61. The van der Waals surface area contributed by atoms with Gasteiger partial charge in [-0.05, 0) is 19.1 Å². The van der Waals surface area contributed by atoms with Crippen LogP contribution in [0.2, 0.25) is 0 Å². The number of carboxylic acids is 1. The van der Waals surface area contributed by atoms with Crippen LogP contribution < -0.4 is 10.3 Å². The maximum Gasteiger partial charge on any atom is 0.527 e. The molecule has 0 radical (unpaired) electrons. The first-order valence-electron chi connectivity index (χ1n) is 4.97. The van der Waals surface area contributed by atoms with Crippen molar-refractivity contribution in [3.8, 4) is 5.75 Å². The highest BCUT2D eigenvalue weighted by molar-refractivity contribution is 7.47. The van der Waals surface area contributed by atoms with Crippen molar-refractivity contribution < 1.29 is 28.4 Å². The number of nitrogens with two attached hydrogens (primary N) is 1. The molecule has 8 heteroatoms. The molecule has 0 aliphatic heterocycles. The van der Waals surface area contributed by atoms with Crippen LogP contribution in [0.1, 0.15) is 6.92 Å². The smallest absolute Gasteiger partial charge is 0.480 e. The number of hydrogen-bond donors (Lipinski definition) is 3. The molecule has 7 nitrogen and oxygen atoms in total. The highest BCUT2D eigenvalue weighted by atomic mass is 31.2. The monoisotopic (exact) mass is 275 g/mol. The Bertz CT molecular complexity index is 461. The lowest BCUT2D eigenvalue weighted by Gasteiger charge is -2.20. The fourth-order valence-corrected chi connectivity index (χ4v) is 1.79. The summed E-state index contributed by atoms with van der Waals surface area (Å²) >= 11 is 0. The lowest BCUT2D eigenvalue weighted by Crippen LogP contribution is -2.48. The van der Waals surface area contributed by atoms with E-state index in [1.54, 1.807) is 18.2 Å². The van der Waals surface area contributed by atoms with Gasteiger partial charge in [0.1, 0.15) is 11.3 Å². The van der Waals surface area contributed by atoms with Gasteiger partial charge in [-0.15, -0.1) is 0 Å². The molecule has 0 saturated heterocycles. The normalized spacial score (nSPS) is 17.5. The topological polar surface area (TPSA) is 119 Å². The molecule has 1 rings (SSSR count). The number of benzene rings is 1. The lowest BCUT2D eigenvalue weighted by molar-refractivity contribution is -0.143. The number of rotatable bonds is 6. The molecule has 1 aromatic rings. The van der Waals surface area contributed by atoms with Gasteiger partial charge in [0.25, 0.3) is 0 Å². The molecule has 18 heavy (non-hydrogen) atoms. The molecule has 0 amide bonds. The first-order valence-corrected chi connectivity index (χ1v) is 6.47. The van der Waals surface area contributed by atoms with Crippen LogP contribution in [0.3, 0.4) is 0 Å². The van der Waals surface area contributed by atoms with Gasteiger partial charge in [0.15, 0.2) is 0 Å². The minimum Gasteiger partial charge on any atom is -0.480 e. The van der Waals surface area contributed by atoms with Crippen LogP contribution in [0.25, 0.3) is 0 Å². The minimum atomic E-state index is -4.39. The predicted molar refractivity (Wildman–Crippen MR) is 63.1 cm³/mol. The summed E-state index contributed by atoms with van der Waals surface area (Å²) in [7, 11) is -4.39. The molecule has 1 unspecified atom stereocenters. The number of aliphatic carboxylic acids is 1. The Morgan fingerprint density at radius 1 is 1.44 bits per heavy atom. The second-order valence-corrected chi connectivity index (χ2v) is 5.25. The van der Waals surface area contributed by atoms with Crippen molar-refractivity contribution in [2.24, 2.45) is 5.73 Å². The third-order valence-corrected chi connectivity index (χ3v) is 2.88. The zero-order chi connectivity index (χ0) is 13.8. The van der Waals surface area contributed by atoms with Crippen molar-refractivity contribution in [3.63, 3.8) is 0 Å². The van der Waals surface area contributed by atoms with Crippen LogP contribution in [0.4, 0.5) is 0 Å². The molecule has 0 aromatic heterocycles. The Labute approximate surface area is 104 Å². The van der Waals surface area contributed by atoms with E-state index in [9.17, 15) is 14.3 Å². The number of phosphoric acid groups is 1. The summed E-state index contributed by atoms with van der Waals surface area (Å²) < 4.78 is 20.8. The summed E-state index contributed by atoms with van der Waals surface area (Å²) in [4.78, 5) is 20.1. The minimum absolute atomic E-state index is 0.136. The van der Waals surface area contributed by atoms with E-state index in [0.29, 0.717) is 0 Å². The van der Waals surface area contributed by atoms with Crippen molar-refractivity contribution in [2.75, 3.05) is 6.61 Å². The summed E-state index contributed by atoms with van der Waals surface area (Å²) in [5.41, 5.74) is 3.58. The zero-order valence-corrected chi connectivity index (χ0v) is 10.5.